The molecular formula is C11H10N6. The molecule has 17 heavy (non-hydrogen) atoms. The molecule has 6 nitrogen and oxygen atoms in total. The Morgan fingerprint density at radius 1 is 1.18 bits per heavy atom. The Hall–Kier alpha value is -2.50. The zero-order valence-corrected chi connectivity index (χ0v) is 8.98. The van der Waals surface area contributed by atoms with Crippen LogP contribution in [0.3, 0.4) is 0 Å². The first-order valence-corrected chi connectivity index (χ1v) is 5.19. The van der Waals surface area contributed by atoms with Gasteiger partial charge in [-0.15, -0.1) is 0 Å². The second kappa shape index (κ2) is 3.82. The molecule has 0 spiro atoms. The van der Waals surface area contributed by atoms with Gasteiger partial charge in [0.05, 0.1) is 12.1 Å². The first-order chi connectivity index (χ1) is 8.34. The Bertz CT molecular complexity index is 654. The monoisotopic (exact) mass is 226 g/mol. The molecular weight excluding hydrogens is 216 g/mol. The lowest BCUT2D eigenvalue weighted by molar-refractivity contribution is 0.657. The number of pyridine rings is 1. The highest BCUT2D eigenvalue weighted by Gasteiger charge is 2.06. The summed E-state index contributed by atoms with van der Waals surface area (Å²) in [6.45, 7) is 0.521. The van der Waals surface area contributed by atoms with E-state index in [-0.39, 0.29) is 0 Å². The lowest BCUT2D eigenvalue weighted by Gasteiger charge is -2.05. The number of nitrogen functional groups attached to an aromatic ring is 1. The van der Waals surface area contributed by atoms with Crippen LogP contribution >= 0.6 is 0 Å². The summed E-state index contributed by atoms with van der Waals surface area (Å²) in [5.41, 5.74) is 7.63. The van der Waals surface area contributed by atoms with Crippen LogP contribution in [0.5, 0.6) is 0 Å². The van der Waals surface area contributed by atoms with E-state index in [0.29, 0.717) is 12.5 Å². The van der Waals surface area contributed by atoms with Gasteiger partial charge in [0.2, 0.25) is 5.95 Å². The van der Waals surface area contributed by atoms with Crippen molar-refractivity contribution in [3.05, 3.63) is 42.1 Å². The minimum atomic E-state index is 0.304. The fourth-order valence-corrected chi connectivity index (χ4v) is 1.78. The van der Waals surface area contributed by atoms with E-state index >= 15 is 0 Å². The van der Waals surface area contributed by atoms with E-state index in [4.69, 9.17) is 5.73 Å². The minimum Gasteiger partial charge on any atom is -0.367 e. The van der Waals surface area contributed by atoms with E-state index < -0.39 is 0 Å². The zero-order chi connectivity index (χ0) is 11.7. The number of hydrogen-bond acceptors (Lipinski definition) is 5. The number of tetrazole rings is 1. The van der Waals surface area contributed by atoms with Crippen molar-refractivity contribution in [1.29, 1.82) is 0 Å². The van der Waals surface area contributed by atoms with Gasteiger partial charge in [-0.3, -0.25) is 4.98 Å². The Labute approximate surface area is 97.1 Å². The van der Waals surface area contributed by atoms with Crippen molar-refractivity contribution in [2.24, 2.45) is 0 Å². The summed E-state index contributed by atoms with van der Waals surface area (Å²) in [5, 5.41) is 12.1. The van der Waals surface area contributed by atoms with Crippen molar-refractivity contribution in [2.45, 2.75) is 6.54 Å². The van der Waals surface area contributed by atoms with Crippen molar-refractivity contribution < 1.29 is 0 Å². The topological polar surface area (TPSA) is 82.5 Å². The molecule has 0 bridgehead atoms. The smallest absolute Gasteiger partial charge is 0.240 e. The highest BCUT2D eigenvalue weighted by Crippen LogP contribution is 2.17. The van der Waals surface area contributed by atoms with Gasteiger partial charge in [-0.2, -0.15) is 0 Å². The van der Waals surface area contributed by atoms with Crippen molar-refractivity contribution in [1.82, 2.24) is 25.2 Å². The van der Waals surface area contributed by atoms with Gasteiger partial charge in [-0.25, -0.2) is 4.68 Å². The molecule has 3 aromatic rings. The van der Waals surface area contributed by atoms with Gasteiger partial charge in [0.25, 0.3) is 0 Å². The van der Waals surface area contributed by atoms with Crippen LogP contribution in [-0.4, -0.2) is 25.2 Å². The second-order valence-electron chi connectivity index (χ2n) is 3.69. The Morgan fingerprint density at radius 2 is 2.06 bits per heavy atom. The van der Waals surface area contributed by atoms with Crippen LogP contribution in [0.25, 0.3) is 10.9 Å². The van der Waals surface area contributed by atoms with Gasteiger partial charge >= 0.3 is 0 Å². The molecule has 2 aromatic heterocycles. The molecule has 1 aromatic carbocycles. The molecule has 0 fully saturated rings. The van der Waals surface area contributed by atoms with E-state index in [0.717, 1.165) is 16.5 Å². The first kappa shape index (κ1) is 9.71. The molecule has 0 aliphatic rings. The van der Waals surface area contributed by atoms with Gasteiger partial charge in [-0.1, -0.05) is 29.4 Å². The van der Waals surface area contributed by atoms with E-state index in [2.05, 4.69) is 20.5 Å². The van der Waals surface area contributed by atoms with E-state index in [1.165, 1.54) is 0 Å². The Balaban J connectivity index is 2.09. The summed E-state index contributed by atoms with van der Waals surface area (Å²) in [6, 6.07) is 9.94. The third-order valence-corrected chi connectivity index (χ3v) is 2.60. The number of hydrogen-bond donors (Lipinski definition) is 1. The fourth-order valence-electron chi connectivity index (χ4n) is 1.78. The maximum atomic E-state index is 5.64. The molecule has 0 atom stereocenters. The minimum absolute atomic E-state index is 0.304. The molecule has 3 rings (SSSR count). The molecule has 0 saturated carbocycles. The molecule has 0 aliphatic heterocycles. The number of para-hydroxylation sites is 1. The van der Waals surface area contributed by atoms with E-state index in [9.17, 15) is 0 Å². The third-order valence-electron chi connectivity index (χ3n) is 2.60. The quantitative estimate of drug-likeness (QED) is 0.700. The number of rotatable bonds is 2. The van der Waals surface area contributed by atoms with Crippen LogP contribution in [0.15, 0.2) is 36.5 Å². The predicted molar refractivity (Wildman–Crippen MR) is 63.1 cm³/mol. The number of benzene rings is 1. The molecule has 0 saturated heterocycles. The number of nitrogens with two attached hydrogens (primary N) is 1. The number of nitrogens with zero attached hydrogens (tertiary/aromatic N) is 5. The summed E-state index contributed by atoms with van der Waals surface area (Å²) in [6.07, 6.45) is 1.77. The highest BCUT2D eigenvalue weighted by molar-refractivity contribution is 5.81. The maximum absolute atomic E-state index is 5.64. The molecule has 0 aliphatic carbocycles. The predicted octanol–water partition coefficient (Wildman–Crippen LogP) is 0.852. The van der Waals surface area contributed by atoms with Gasteiger partial charge in [-0.05, 0) is 16.5 Å². The summed E-state index contributed by atoms with van der Waals surface area (Å²) in [4.78, 5) is 4.37. The number of anilines is 1. The zero-order valence-electron chi connectivity index (χ0n) is 8.98. The SMILES string of the molecule is Nc1nnnn1Cc1cccc2cccnc12. The van der Waals surface area contributed by atoms with E-state index in [1.54, 1.807) is 10.9 Å². The lowest BCUT2D eigenvalue weighted by Crippen LogP contribution is -2.07. The molecule has 0 amide bonds. The number of fused-ring (bicyclic) bond motifs is 1. The van der Waals surface area contributed by atoms with E-state index in [1.807, 2.05) is 30.3 Å². The van der Waals surface area contributed by atoms with Crippen LogP contribution in [0, 0.1) is 0 Å². The van der Waals surface area contributed by atoms with Crippen LogP contribution in [-0.2, 0) is 6.54 Å². The average molecular weight is 226 g/mol. The molecule has 0 radical (unpaired) electrons. The molecule has 0 unspecified atom stereocenters. The summed E-state index contributed by atoms with van der Waals surface area (Å²) in [7, 11) is 0. The van der Waals surface area contributed by atoms with Gasteiger partial charge < -0.3 is 5.73 Å². The van der Waals surface area contributed by atoms with Gasteiger partial charge in [0, 0.05) is 17.1 Å². The van der Waals surface area contributed by atoms with Gasteiger partial charge in [0.1, 0.15) is 0 Å². The normalized spacial score (nSPS) is 10.8. The molecule has 2 N–H and O–H groups in total. The van der Waals surface area contributed by atoms with Crippen molar-refractivity contribution in [3.63, 3.8) is 0 Å². The Kier molecular flexibility index (Phi) is 2.18. The summed E-state index contributed by atoms with van der Waals surface area (Å²) < 4.78 is 1.55. The van der Waals surface area contributed by atoms with Crippen molar-refractivity contribution in [3.8, 4) is 0 Å². The molecule has 84 valence electrons. The maximum Gasteiger partial charge on any atom is 0.240 e. The van der Waals surface area contributed by atoms with Crippen LogP contribution in [0.2, 0.25) is 0 Å². The van der Waals surface area contributed by atoms with Crippen molar-refractivity contribution in [2.75, 3.05) is 5.73 Å². The van der Waals surface area contributed by atoms with Crippen molar-refractivity contribution >= 4 is 16.9 Å². The fraction of sp³-hybridized carbons (Fsp3) is 0.0909. The van der Waals surface area contributed by atoms with Gasteiger partial charge in [0.15, 0.2) is 0 Å². The first-order valence-electron chi connectivity index (χ1n) is 5.19. The molecule has 2 heterocycles. The standard InChI is InChI=1S/C11H10N6/c12-11-14-15-16-17(11)7-9-4-1-3-8-5-2-6-13-10(8)9/h1-6H,7H2,(H2,12,14,16). The number of aromatic nitrogens is 5. The van der Waals surface area contributed by atoms with Crippen LogP contribution < -0.4 is 5.73 Å². The third kappa shape index (κ3) is 1.69. The molecule has 6 heteroatoms. The highest BCUT2D eigenvalue weighted by atomic mass is 15.6. The summed E-state index contributed by atoms with van der Waals surface area (Å²) in [5.74, 6) is 0.304. The largest absolute Gasteiger partial charge is 0.367 e. The lowest BCUT2D eigenvalue weighted by atomic mass is 10.1. The summed E-state index contributed by atoms with van der Waals surface area (Å²) >= 11 is 0. The van der Waals surface area contributed by atoms with Crippen LogP contribution in [0.4, 0.5) is 5.95 Å². The second-order valence-corrected chi connectivity index (χ2v) is 3.69. The Morgan fingerprint density at radius 3 is 2.88 bits per heavy atom. The average Bonchev–Trinajstić information content (AvgIpc) is 2.76. The van der Waals surface area contributed by atoms with Crippen LogP contribution in [0.1, 0.15) is 5.56 Å².